The SMILES string of the molecule is FC(F)(F)C(F)(F)C(F)(F)C(F)(F)C(F)(F)C(F)(F)C[CH2][Sn]([Br])([CH2]CC(F)(F)C(F)(F)C(F)(F)C(F)(F)C(F)(F)C(F)(F)F)[CH2]CC(F)(F)C(F)(F)C(F)(F)C(F)(F)C(F)(F)C(F)(F)F. The number of hydrogen-bond acceptors (Lipinski definition) is 0. The molecule has 0 saturated carbocycles. The fourth-order valence-corrected chi connectivity index (χ4v) is 17.1. The second-order valence-electron chi connectivity index (χ2n) is 13.2. The normalized spacial score (nSPS) is 17.0. The molecule has 0 spiro atoms. The van der Waals surface area contributed by atoms with Gasteiger partial charge in [-0.25, -0.2) is 0 Å². The first kappa shape index (κ1) is 63.5. The fraction of sp³-hybridized carbons (Fsp3) is 1.00. The van der Waals surface area contributed by atoms with Gasteiger partial charge in [0.1, 0.15) is 0 Å². The van der Waals surface area contributed by atoms with E-state index in [1.165, 1.54) is 12.7 Å². The molecule has 0 aromatic carbocycles. The molecule has 0 aliphatic rings. The van der Waals surface area contributed by atoms with Gasteiger partial charge in [0.15, 0.2) is 0 Å². The van der Waals surface area contributed by atoms with Gasteiger partial charge in [-0.3, -0.25) is 0 Å². The van der Waals surface area contributed by atoms with Gasteiger partial charge in [0.25, 0.3) is 0 Å². The second-order valence-corrected chi connectivity index (χ2v) is 35.3. The predicted molar refractivity (Wildman–Crippen MR) is 135 cm³/mol. The Morgan fingerprint density at radius 3 is 0.446 bits per heavy atom. The molecule has 392 valence electrons. The van der Waals surface area contributed by atoms with Crippen LogP contribution in [0.1, 0.15) is 19.3 Å². The van der Waals surface area contributed by atoms with Crippen molar-refractivity contribution < 1.29 is 171 Å². The Morgan fingerprint density at radius 1 is 0.200 bits per heavy atom. The maximum absolute atomic E-state index is 14.5. The van der Waals surface area contributed by atoms with Crippen LogP contribution in [0.5, 0.6) is 0 Å². The van der Waals surface area contributed by atoms with Crippen molar-refractivity contribution in [1.82, 2.24) is 0 Å². The minimum atomic E-state index is -8.83. The third-order valence-electron chi connectivity index (χ3n) is 8.66. The molecular weight excluding hydrogens is 1230 g/mol. The van der Waals surface area contributed by atoms with Crippen molar-refractivity contribution in [2.24, 2.45) is 0 Å². The van der Waals surface area contributed by atoms with Crippen molar-refractivity contribution in [2.75, 3.05) is 0 Å². The van der Waals surface area contributed by atoms with Crippen molar-refractivity contribution in [2.45, 2.75) is 140 Å². The Morgan fingerprint density at radius 2 is 0.323 bits per heavy atom. The number of alkyl halides is 39. The summed E-state index contributed by atoms with van der Waals surface area (Å²) >= 11 is -6.33. The van der Waals surface area contributed by atoms with E-state index in [4.69, 9.17) is 0 Å². The number of rotatable bonds is 21. The van der Waals surface area contributed by atoms with Crippen LogP contribution >= 0.6 is 12.7 Å². The summed E-state index contributed by atoms with van der Waals surface area (Å²) in [5.74, 6) is -127. The first-order chi connectivity index (χ1) is 27.4. The Kier molecular flexibility index (Phi) is 16.5. The molecule has 0 aromatic heterocycles. The van der Waals surface area contributed by atoms with Crippen LogP contribution in [0.4, 0.5) is 171 Å². The molecular formula is C24H12BrF39Sn. The third kappa shape index (κ3) is 9.60. The zero-order chi connectivity index (χ0) is 53.7. The zero-order valence-electron chi connectivity index (χ0n) is 28.9. The Balaban J connectivity index is 7.70. The van der Waals surface area contributed by atoms with E-state index >= 15 is 0 Å². The van der Waals surface area contributed by atoms with E-state index in [9.17, 15) is 171 Å². The standard InChI is InChI=1S/3C8H4F13.BrH.Sn/c3*1-2-3(9,10)4(11,12)5(13,14)6(15,16)7(17,18)8(19,20)21;;/h3*1-2H2;1H;/q;;;;+1/p-1. The Bertz CT molecular complexity index is 1450. The summed E-state index contributed by atoms with van der Waals surface area (Å²) in [6, 6.07) is 0. The van der Waals surface area contributed by atoms with Gasteiger partial charge in [0, 0.05) is 0 Å². The van der Waals surface area contributed by atoms with Gasteiger partial charge in [-0.2, -0.15) is 0 Å². The first-order valence-electron chi connectivity index (χ1n) is 14.9. The predicted octanol–water partition coefficient (Wildman–Crippen LogP) is 15.7. The van der Waals surface area contributed by atoms with E-state index < -0.39 is 156 Å². The average molecular weight is 1240 g/mol. The van der Waals surface area contributed by atoms with E-state index in [0.717, 1.165) is 0 Å². The molecule has 0 radical (unpaired) electrons. The molecule has 0 amide bonds. The van der Waals surface area contributed by atoms with Crippen LogP contribution in [-0.4, -0.2) is 124 Å². The van der Waals surface area contributed by atoms with E-state index in [0.29, 0.717) is 0 Å². The number of halogens is 40. The van der Waals surface area contributed by atoms with Crippen molar-refractivity contribution in [1.29, 1.82) is 0 Å². The molecule has 0 heterocycles. The summed E-state index contributed by atoms with van der Waals surface area (Å²) in [5, 5.41) is 0. The van der Waals surface area contributed by atoms with Crippen LogP contribution in [0.3, 0.4) is 0 Å². The quantitative estimate of drug-likeness (QED) is 0.0794. The average Bonchev–Trinajstić information content (AvgIpc) is 3.06. The number of hydrogen-bond donors (Lipinski definition) is 0. The molecule has 65 heavy (non-hydrogen) atoms. The van der Waals surface area contributed by atoms with Gasteiger partial charge < -0.3 is 0 Å². The Labute approximate surface area is 340 Å². The second kappa shape index (κ2) is 16.9. The van der Waals surface area contributed by atoms with Gasteiger partial charge in [0.05, 0.1) is 0 Å². The molecule has 0 atom stereocenters. The first-order valence-corrected chi connectivity index (χ1v) is 27.4. The maximum atomic E-state index is 14.5. The van der Waals surface area contributed by atoms with Crippen LogP contribution < -0.4 is 0 Å². The molecule has 0 nitrogen and oxygen atoms in total. The molecule has 0 bridgehead atoms. The van der Waals surface area contributed by atoms with Crippen LogP contribution in [0.25, 0.3) is 0 Å². The summed E-state index contributed by atoms with van der Waals surface area (Å²) in [7, 11) is 0. The monoisotopic (exact) mass is 1240 g/mol. The van der Waals surface area contributed by atoms with Gasteiger partial charge in [-0.15, -0.1) is 0 Å². The summed E-state index contributed by atoms with van der Waals surface area (Å²) in [6.45, 7) is 0. The molecule has 0 unspecified atom stereocenters. The summed E-state index contributed by atoms with van der Waals surface area (Å²) < 4.78 is 516. The molecule has 0 fully saturated rings. The molecule has 0 aliphatic carbocycles. The van der Waals surface area contributed by atoms with E-state index in [1.807, 2.05) is 0 Å². The van der Waals surface area contributed by atoms with Crippen LogP contribution in [0.15, 0.2) is 0 Å². The van der Waals surface area contributed by atoms with Gasteiger partial charge in [0.2, 0.25) is 0 Å². The Hall–Kier alpha value is -1.45. The fourth-order valence-electron chi connectivity index (χ4n) is 4.40. The molecule has 0 rings (SSSR count). The van der Waals surface area contributed by atoms with Crippen molar-refractivity contribution in [3.8, 4) is 0 Å². The topological polar surface area (TPSA) is 0 Å². The molecule has 0 saturated heterocycles. The van der Waals surface area contributed by atoms with E-state index in [2.05, 4.69) is 0 Å². The van der Waals surface area contributed by atoms with E-state index in [1.54, 1.807) is 0 Å². The molecule has 0 aromatic rings. The van der Waals surface area contributed by atoms with E-state index in [-0.39, 0.29) is 0 Å². The van der Waals surface area contributed by atoms with Crippen LogP contribution in [0, 0.1) is 0 Å². The van der Waals surface area contributed by atoms with Crippen molar-refractivity contribution in [3.05, 3.63) is 0 Å². The van der Waals surface area contributed by atoms with Crippen LogP contribution in [0.2, 0.25) is 13.3 Å². The molecule has 0 aliphatic heterocycles. The third-order valence-corrected chi connectivity index (χ3v) is 26.4. The van der Waals surface area contributed by atoms with Gasteiger partial charge in [-0.1, -0.05) is 0 Å². The van der Waals surface area contributed by atoms with Gasteiger partial charge in [-0.05, 0) is 0 Å². The van der Waals surface area contributed by atoms with Crippen molar-refractivity contribution >= 4 is 28.9 Å². The molecule has 41 heteroatoms. The summed E-state index contributed by atoms with van der Waals surface area (Å²) in [5.41, 5.74) is 0. The van der Waals surface area contributed by atoms with Crippen LogP contribution in [-0.2, 0) is 0 Å². The van der Waals surface area contributed by atoms with Gasteiger partial charge >= 0.3 is 340 Å². The summed E-state index contributed by atoms with van der Waals surface area (Å²) in [4.78, 5) is 0. The summed E-state index contributed by atoms with van der Waals surface area (Å²) in [6.07, 6.45) is -36.3. The zero-order valence-corrected chi connectivity index (χ0v) is 33.3. The van der Waals surface area contributed by atoms with Crippen molar-refractivity contribution in [3.63, 3.8) is 0 Å². The molecule has 0 N–H and O–H groups in total. The minimum absolute atomic E-state index is 1.45.